The molecule has 0 aliphatic carbocycles. The van der Waals surface area contributed by atoms with Gasteiger partial charge < -0.3 is 4.90 Å². The molecule has 3 rings (SSSR count). The molecule has 2 unspecified atom stereocenters. The molecule has 0 radical (unpaired) electrons. The van der Waals surface area contributed by atoms with Crippen molar-refractivity contribution in [3.05, 3.63) is 64.4 Å². The van der Waals surface area contributed by atoms with E-state index in [4.69, 9.17) is 0 Å². The van der Waals surface area contributed by atoms with Crippen LogP contribution in [0.25, 0.3) is 0 Å². The van der Waals surface area contributed by atoms with Crippen LogP contribution in [0, 0.1) is 5.82 Å². The van der Waals surface area contributed by atoms with Crippen molar-refractivity contribution >= 4 is 39.3 Å². The van der Waals surface area contributed by atoms with E-state index >= 15 is 0 Å². The number of carbonyl (C=O) groups is 3. The molecule has 1 heterocycles. The third kappa shape index (κ3) is 3.85. The molecule has 28 heavy (non-hydrogen) atoms. The lowest BCUT2D eigenvalue weighted by Crippen LogP contribution is -2.49. The van der Waals surface area contributed by atoms with Gasteiger partial charge in [-0.25, -0.2) is 9.29 Å². The summed E-state index contributed by atoms with van der Waals surface area (Å²) in [5.74, 6) is -1.61. The molecule has 0 aromatic heterocycles. The van der Waals surface area contributed by atoms with Gasteiger partial charge in [0, 0.05) is 16.1 Å². The molecule has 1 fully saturated rings. The molecule has 1 aliphatic heterocycles. The summed E-state index contributed by atoms with van der Waals surface area (Å²) in [6, 6.07) is 10.9. The number of benzene rings is 2. The van der Waals surface area contributed by atoms with Crippen LogP contribution in [0.2, 0.25) is 0 Å². The van der Waals surface area contributed by atoms with Crippen molar-refractivity contribution in [2.45, 2.75) is 38.8 Å². The lowest BCUT2D eigenvalue weighted by molar-refractivity contribution is -0.122. The van der Waals surface area contributed by atoms with Crippen molar-refractivity contribution in [2.75, 3.05) is 4.90 Å². The van der Waals surface area contributed by atoms with Crippen LogP contribution in [0.15, 0.2) is 53.0 Å². The molecular formula is C21H20BrFN2O3. The second-order valence-corrected chi connectivity index (χ2v) is 7.66. The molecule has 2 aromatic rings. The van der Waals surface area contributed by atoms with Crippen LogP contribution in [-0.2, 0) is 9.59 Å². The summed E-state index contributed by atoms with van der Waals surface area (Å²) < 4.78 is 14.1. The summed E-state index contributed by atoms with van der Waals surface area (Å²) in [4.78, 5) is 41.4. The van der Waals surface area contributed by atoms with Crippen molar-refractivity contribution in [2.24, 2.45) is 0 Å². The standard InChI is InChI=1S/C21H20BrFN2O3/c1-3-13(2)24(20(27)14-4-8-16(23)9-5-14)18-12-19(26)25(21(18)28)17-10-6-15(22)7-11-17/h4-11,13,18H,3,12H2,1-2H3. The molecule has 0 bridgehead atoms. The molecule has 1 saturated heterocycles. The first kappa shape index (κ1) is 20.2. The Hall–Kier alpha value is -2.54. The van der Waals surface area contributed by atoms with Crippen LogP contribution in [0.3, 0.4) is 0 Å². The Morgan fingerprint density at radius 1 is 1.18 bits per heavy atom. The lowest BCUT2D eigenvalue weighted by Gasteiger charge is -2.33. The third-order valence-electron chi connectivity index (χ3n) is 4.93. The highest BCUT2D eigenvalue weighted by molar-refractivity contribution is 9.10. The first-order valence-corrected chi connectivity index (χ1v) is 9.83. The average Bonchev–Trinajstić information content (AvgIpc) is 2.97. The zero-order valence-corrected chi connectivity index (χ0v) is 17.1. The van der Waals surface area contributed by atoms with Crippen molar-refractivity contribution in [1.82, 2.24) is 4.90 Å². The fraction of sp³-hybridized carbons (Fsp3) is 0.286. The highest BCUT2D eigenvalue weighted by Gasteiger charge is 2.45. The smallest absolute Gasteiger partial charge is 0.257 e. The van der Waals surface area contributed by atoms with Gasteiger partial charge in [-0.3, -0.25) is 14.4 Å². The second-order valence-electron chi connectivity index (χ2n) is 6.74. The van der Waals surface area contributed by atoms with Gasteiger partial charge in [0.25, 0.3) is 11.8 Å². The van der Waals surface area contributed by atoms with Gasteiger partial charge in [-0.15, -0.1) is 0 Å². The summed E-state index contributed by atoms with van der Waals surface area (Å²) in [5, 5.41) is 0. The number of anilines is 1. The van der Waals surface area contributed by atoms with Gasteiger partial charge in [0.1, 0.15) is 11.9 Å². The lowest BCUT2D eigenvalue weighted by atomic mass is 10.1. The second kappa shape index (κ2) is 8.22. The Bertz CT molecular complexity index is 899. The van der Waals surface area contributed by atoms with Gasteiger partial charge in [-0.05, 0) is 61.9 Å². The van der Waals surface area contributed by atoms with E-state index in [0.717, 1.165) is 9.37 Å². The zero-order valence-electron chi connectivity index (χ0n) is 15.6. The van der Waals surface area contributed by atoms with Gasteiger partial charge in [0.05, 0.1) is 12.1 Å². The van der Waals surface area contributed by atoms with E-state index in [1.165, 1.54) is 29.2 Å². The Morgan fingerprint density at radius 3 is 2.36 bits per heavy atom. The molecule has 0 spiro atoms. The van der Waals surface area contributed by atoms with Crippen LogP contribution >= 0.6 is 15.9 Å². The summed E-state index contributed by atoms with van der Waals surface area (Å²) in [5.41, 5.74) is 0.753. The Kier molecular flexibility index (Phi) is 5.93. The van der Waals surface area contributed by atoms with E-state index in [1.54, 1.807) is 24.3 Å². The minimum atomic E-state index is -0.886. The van der Waals surface area contributed by atoms with Gasteiger partial charge >= 0.3 is 0 Å². The van der Waals surface area contributed by atoms with Crippen molar-refractivity contribution in [3.8, 4) is 0 Å². The average molecular weight is 447 g/mol. The SMILES string of the molecule is CCC(C)N(C(=O)c1ccc(F)cc1)C1CC(=O)N(c2ccc(Br)cc2)C1=O. The summed E-state index contributed by atoms with van der Waals surface area (Å²) >= 11 is 3.33. The van der Waals surface area contributed by atoms with Crippen molar-refractivity contribution in [3.63, 3.8) is 0 Å². The number of carbonyl (C=O) groups excluding carboxylic acids is 3. The van der Waals surface area contributed by atoms with Crippen LogP contribution in [-0.4, -0.2) is 34.7 Å². The van der Waals surface area contributed by atoms with E-state index < -0.39 is 23.7 Å². The van der Waals surface area contributed by atoms with E-state index in [2.05, 4.69) is 15.9 Å². The molecule has 2 atom stereocenters. The maximum absolute atomic E-state index is 13.2. The Labute approximate surface area is 171 Å². The van der Waals surface area contributed by atoms with E-state index in [1.807, 2.05) is 13.8 Å². The summed E-state index contributed by atoms with van der Waals surface area (Å²) in [6.07, 6.45) is 0.537. The molecule has 3 amide bonds. The number of amides is 3. The molecular weight excluding hydrogens is 427 g/mol. The van der Waals surface area contributed by atoms with Gasteiger partial charge in [0.15, 0.2) is 0 Å². The molecule has 7 heteroatoms. The van der Waals surface area contributed by atoms with Crippen molar-refractivity contribution < 1.29 is 18.8 Å². The van der Waals surface area contributed by atoms with Crippen molar-refractivity contribution in [1.29, 1.82) is 0 Å². The van der Waals surface area contributed by atoms with E-state index in [-0.39, 0.29) is 23.9 Å². The number of nitrogens with zero attached hydrogens (tertiary/aromatic N) is 2. The fourth-order valence-electron chi connectivity index (χ4n) is 3.28. The molecule has 0 saturated carbocycles. The minimum Gasteiger partial charge on any atom is -0.323 e. The predicted octanol–water partition coefficient (Wildman–Crippen LogP) is 4.16. The van der Waals surface area contributed by atoms with E-state index in [9.17, 15) is 18.8 Å². The molecule has 2 aromatic carbocycles. The predicted molar refractivity (Wildman–Crippen MR) is 107 cm³/mol. The number of halogens is 2. The highest BCUT2D eigenvalue weighted by Crippen LogP contribution is 2.29. The Balaban J connectivity index is 1.93. The fourth-order valence-corrected chi connectivity index (χ4v) is 3.55. The Morgan fingerprint density at radius 2 is 1.79 bits per heavy atom. The number of rotatable bonds is 5. The largest absolute Gasteiger partial charge is 0.323 e. The molecule has 146 valence electrons. The third-order valence-corrected chi connectivity index (χ3v) is 5.46. The number of hydrogen-bond donors (Lipinski definition) is 0. The van der Waals surface area contributed by atoms with E-state index in [0.29, 0.717) is 12.1 Å². The molecule has 1 aliphatic rings. The maximum Gasteiger partial charge on any atom is 0.257 e. The van der Waals surface area contributed by atoms with Crippen LogP contribution in [0.5, 0.6) is 0 Å². The quantitative estimate of drug-likeness (QED) is 0.647. The maximum atomic E-state index is 13.2. The normalized spacial score (nSPS) is 17.7. The van der Waals surface area contributed by atoms with Gasteiger partial charge in [0.2, 0.25) is 5.91 Å². The summed E-state index contributed by atoms with van der Waals surface area (Å²) in [6.45, 7) is 3.74. The van der Waals surface area contributed by atoms with Crippen LogP contribution < -0.4 is 4.90 Å². The first-order chi connectivity index (χ1) is 13.3. The molecule has 5 nitrogen and oxygen atoms in total. The first-order valence-electron chi connectivity index (χ1n) is 9.04. The number of hydrogen-bond acceptors (Lipinski definition) is 3. The summed E-state index contributed by atoms with van der Waals surface area (Å²) in [7, 11) is 0. The van der Waals surface area contributed by atoms with Crippen LogP contribution in [0.4, 0.5) is 10.1 Å². The highest BCUT2D eigenvalue weighted by atomic mass is 79.9. The minimum absolute atomic E-state index is 0.0772. The number of imide groups is 1. The van der Waals surface area contributed by atoms with Crippen LogP contribution in [0.1, 0.15) is 37.0 Å². The monoisotopic (exact) mass is 446 g/mol. The zero-order chi connectivity index (χ0) is 20.4. The molecule has 0 N–H and O–H groups in total. The van der Waals surface area contributed by atoms with Gasteiger partial charge in [-0.2, -0.15) is 0 Å². The van der Waals surface area contributed by atoms with Gasteiger partial charge in [-0.1, -0.05) is 22.9 Å². The topological polar surface area (TPSA) is 57.7 Å².